The maximum Gasteiger partial charge on any atom is 0.220 e. The third kappa shape index (κ3) is 5.20. The van der Waals surface area contributed by atoms with Crippen LogP contribution in [-0.2, 0) is 11.2 Å². The number of nitrogens with one attached hydrogen (secondary N) is 1. The lowest BCUT2D eigenvalue weighted by molar-refractivity contribution is -0.121. The summed E-state index contributed by atoms with van der Waals surface area (Å²) >= 11 is 5.15. The number of carbonyl (C=O) groups is 1. The zero-order valence-corrected chi connectivity index (χ0v) is 17.3. The van der Waals surface area contributed by atoms with Gasteiger partial charge in [-0.3, -0.25) is 4.79 Å². The van der Waals surface area contributed by atoms with E-state index >= 15 is 0 Å². The van der Waals surface area contributed by atoms with Crippen LogP contribution in [0.25, 0.3) is 0 Å². The molecule has 5 nitrogen and oxygen atoms in total. The Bertz CT molecular complexity index is 724. The summed E-state index contributed by atoms with van der Waals surface area (Å²) in [5.41, 5.74) is 1.05. The average Bonchev–Trinajstić information content (AvgIpc) is 3.20. The van der Waals surface area contributed by atoms with Crippen molar-refractivity contribution in [2.75, 3.05) is 31.6 Å². The normalized spacial score (nSPS) is 17.2. The number of hydrogen-bond acceptors (Lipinski definition) is 5. The molecule has 1 atom stereocenters. The van der Waals surface area contributed by atoms with Gasteiger partial charge < -0.3 is 15.0 Å². The number of carbonyl (C=O) groups excluding carboxylic acids is 1. The molecule has 0 bridgehead atoms. The van der Waals surface area contributed by atoms with Gasteiger partial charge in [-0.15, -0.1) is 11.3 Å². The number of rotatable bonds is 7. The maximum atomic E-state index is 12.3. The zero-order chi connectivity index (χ0) is 18.4. The summed E-state index contributed by atoms with van der Waals surface area (Å²) in [6.07, 6.45) is 5.29. The first-order valence-electron chi connectivity index (χ1n) is 8.89. The quantitative estimate of drug-likeness (QED) is 0.713. The van der Waals surface area contributed by atoms with Crippen molar-refractivity contribution < 1.29 is 9.53 Å². The van der Waals surface area contributed by atoms with E-state index in [0.717, 1.165) is 53.4 Å². The molecule has 0 radical (unpaired) electrons. The number of halogens is 1. The lowest BCUT2D eigenvalue weighted by Gasteiger charge is -2.32. The Hall–Kier alpha value is -1.60. The van der Waals surface area contributed by atoms with Gasteiger partial charge in [0.15, 0.2) is 5.13 Å². The number of piperidine rings is 1. The molecule has 2 aromatic rings. The van der Waals surface area contributed by atoms with Crippen molar-refractivity contribution >= 4 is 38.3 Å². The van der Waals surface area contributed by atoms with Gasteiger partial charge in [-0.2, -0.15) is 0 Å². The van der Waals surface area contributed by atoms with Gasteiger partial charge in [-0.25, -0.2) is 4.98 Å². The predicted molar refractivity (Wildman–Crippen MR) is 109 cm³/mol. The van der Waals surface area contributed by atoms with E-state index in [1.807, 2.05) is 29.8 Å². The third-order valence-corrected chi connectivity index (χ3v) is 5.99. The van der Waals surface area contributed by atoms with E-state index in [4.69, 9.17) is 4.74 Å². The van der Waals surface area contributed by atoms with Crippen LogP contribution in [0.2, 0.25) is 0 Å². The summed E-state index contributed by atoms with van der Waals surface area (Å²) in [6, 6.07) is 5.88. The second kappa shape index (κ2) is 9.37. The Labute approximate surface area is 166 Å². The molecule has 1 saturated heterocycles. The summed E-state index contributed by atoms with van der Waals surface area (Å²) in [4.78, 5) is 19.0. The number of methoxy groups -OCH3 is 1. The van der Waals surface area contributed by atoms with Crippen molar-refractivity contribution in [3.8, 4) is 5.75 Å². The maximum absolute atomic E-state index is 12.3. The molecule has 1 unspecified atom stereocenters. The standard InChI is InChI=1S/C19H24BrN3O2S/c1-25-17-6-5-16(20)11-15(17)4-7-18(24)22-12-14-3-2-9-23(13-14)19-21-8-10-26-19/h5-6,8,10-11,14H,2-4,7,9,12-13H2,1H3,(H,22,24). The number of nitrogens with zero attached hydrogens (tertiary/aromatic N) is 2. The molecule has 0 spiro atoms. The summed E-state index contributed by atoms with van der Waals surface area (Å²) in [5.74, 6) is 1.41. The van der Waals surface area contributed by atoms with Crippen LogP contribution in [0.3, 0.4) is 0 Å². The second-order valence-electron chi connectivity index (χ2n) is 6.53. The van der Waals surface area contributed by atoms with Gasteiger partial charge in [-0.05, 0) is 48.9 Å². The van der Waals surface area contributed by atoms with E-state index < -0.39 is 0 Å². The number of aromatic nitrogens is 1. The Kier molecular flexibility index (Phi) is 6.91. The monoisotopic (exact) mass is 437 g/mol. The van der Waals surface area contributed by atoms with E-state index in [1.54, 1.807) is 18.4 Å². The smallest absolute Gasteiger partial charge is 0.220 e. The van der Waals surface area contributed by atoms with Crippen molar-refractivity contribution in [1.82, 2.24) is 10.3 Å². The summed E-state index contributed by atoms with van der Waals surface area (Å²) in [5, 5.41) is 6.20. The molecular weight excluding hydrogens is 414 g/mol. The molecule has 1 fully saturated rings. The number of amides is 1. The highest BCUT2D eigenvalue weighted by Crippen LogP contribution is 2.25. The van der Waals surface area contributed by atoms with Gasteiger partial charge in [0.1, 0.15) is 5.75 Å². The summed E-state index contributed by atoms with van der Waals surface area (Å²) < 4.78 is 6.37. The molecule has 1 N–H and O–H groups in total. The van der Waals surface area contributed by atoms with E-state index in [9.17, 15) is 4.79 Å². The Morgan fingerprint density at radius 3 is 3.15 bits per heavy atom. The van der Waals surface area contributed by atoms with Crippen molar-refractivity contribution in [1.29, 1.82) is 0 Å². The fourth-order valence-corrected chi connectivity index (χ4v) is 4.40. The predicted octanol–water partition coefficient (Wildman–Crippen LogP) is 3.88. The van der Waals surface area contributed by atoms with Gasteiger partial charge in [0, 0.05) is 42.1 Å². The molecule has 0 aliphatic carbocycles. The highest BCUT2D eigenvalue weighted by Gasteiger charge is 2.22. The topological polar surface area (TPSA) is 54.5 Å². The highest BCUT2D eigenvalue weighted by atomic mass is 79.9. The molecule has 7 heteroatoms. The van der Waals surface area contributed by atoms with Gasteiger partial charge in [0.05, 0.1) is 7.11 Å². The second-order valence-corrected chi connectivity index (χ2v) is 8.32. The molecule has 1 aliphatic heterocycles. The minimum Gasteiger partial charge on any atom is -0.496 e. The van der Waals surface area contributed by atoms with Gasteiger partial charge >= 0.3 is 0 Å². The number of benzene rings is 1. The number of thiazole rings is 1. The van der Waals surface area contributed by atoms with Crippen molar-refractivity contribution in [2.45, 2.75) is 25.7 Å². The molecule has 0 saturated carbocycles. The minimum absolute atomic E-state index is 0.0957. The van der Waals surface area contributed by atoms with Gasteiger partial charge in [0.25, 0.3) is 0 Å². The first-order valence-corrected chi connectivity index (χ1v) is 10.6. The Balaban J connectivity index is 1.45. The highest BCUT2D eigenvalue weighted by molar-refractivity contribution is 9.10. The lowest BCUT2D eigenvalue weighted by Crippen LogP contribution is -2.41. The van der Waals surface area contributed by atoms with Crippen LogP contribution in [-0.4, -0.2) is 37.6 Å². The third-order valence-electron chi connectivity index (χ3n) is 4.66. The van der Waals surface area contributed by atoms with Crippen LogP contribution in [0, 0.1) is 5.92 Å². The number of hydrogen-bond donors (Lipinski definition) is 1. The number of anilines is 1. The van der Waals surface area contributed by atoms with Crippen LogP contribution >= 0.6 is 27.3 Å². The first-order chi connectivity index (χ1) is 12.7. The molecule has 1 aromatic heterocycles. The van der Waals surface area contributed by atoms with Crippen LogP contribution in [0.15, 0.2) is 34.2 Å². The van der Waals surface area contributed by atoms with Crippen molar-refractivity contribution in [3.05, 3.63) is 39.8 Å². The molecule has 3 rings (SSSR count). The zero-order valence-electron chi connectivity index (χ0n) is 14.9. The summed E-state index contributed by atoms with van der Waals surface area (Å²) in [7, 11) is 1.66. The molecule has 1 aromatic carbocycles. The molecule has 26 heavy (non-hydrogen) atoms. The van der Waals surface area contributed by atoms with Crippen molar-refractivity contribution in [3.63, 3.8) is 0 Å². The van der Waals surface area contributed by atoms with E-state index in [1.165, 1.54) is 0 Å². The Morgan fingerprint density at radius 2 is 2.38 bits per heavy atom. The van der Waals surface area contributed by atoms with Crippen LogP contribution in [0.1, 0.15) is 24.8 Å². The average molecular weight is 438 g/mol. The SMILES string of the molecule is COc1ccc(Br)cc1CCC(=O)NCC1CCCN(c2nccs2)C1. The Morgan fingerprint density at radius 1 is 1.50 bits per heavy atom. The number of ether oxygens (including phenoxy) is 1. The molecular formula is C19H24BrN3O2S. The summed E-state index contributed by atoms with van der Waals surface area (Å²) in [6.45, 7) is 2.75. The van der Waals surface area contributed by atoms with Crippen LogP contribution < -0.4 is 15.0 Å². The van der Waals surface area contributed by atoms with E-state index in [-0.39, 0.29) is 5.91 Å². The van der Waals surface area contributed by atoms with Crippen molar-refractivity contribution in [2.24, 2.45) is 5.92 Å². The first kappa shape index (κ1) is 19.2. The number of aryl methyl sites for hydroxylation is 1. The molecule has 2 heterocycles. The van der Waals surface area contributed by atoms with Gasteiger partial charge in [-0.1, -0.05) is 15.9 Å². The lowest BCUT2D eigenvalue weighted by atomic mass is 9.98. The van der Waals surface area contributed by atoms with Crippen LogP contribution in [0.5, 0.6) is 5.75 Å². The minimum atomic E-state index is 0.0957. The van der Waals surface area contributed by atoms with Gasteiger partial charge in [0.2, 0.25) is 5.91 Å². The van der Waals surface area contributed by atoms with E-state index in [2.05, 4.69) is 31.1 Å². The largest absolute Gasteiger partial charge is 0.496 e. The fourth-order valence-electron chi connectivity index (χ4n) is 3.31. The van der Waals surface area contributed by atoms with Crippen LogP contribution in [0.4, 0.5) is 5.13 Å². The molecule has 140 valence electrons. The molecule has 1 aliphatic rings. The molecule has 1 amide bonds. The van der Waals surface area contributed by atoms with E-state index in [0.29, 0.717) is 18.8 Å². The fraction of sp³-hybridized carbons (Fsp3) is 0.474.